The van der Waals surface area contributed by atoms with E-state index in [2.05, 4.69) is 200 Å². The van der Waals surface area contributed by atoms with E-state index in [9.17, 15) is 0 Å². The Morgan fingerprint density at radius 3 is 1.00 bits per heavy atom. The second-order valence-electron chi connectivity index (χ2n) is 22.0. The lowest BCUT2D eigenvalue weighted by molar-refractivity contribution is 0.364. The molecule has 9 rings (SSSR count). The summed E-state index contributed by atoms with van der Waals surface area (Å²) >= 11 is 3.90. The van der Waals surface area contributed by atoms with Crippen LogP contribution in [0.15, 0.2) is 120 Å². The average Bonchev–Trinajstić information content (AvgIpc) is 3.84. The van der Waals surface area contributed by atoms with E-state index in [1.807, 2.05) is 0 Å². The van der Waals surface area contributed by atoms with Crippen LogP contribution in [0.1, 0.15) is 167 Å². The number of hydrogen-bond donors (Lipinski definition) is 0. The van der Waals surface area contributed by atoms with Gasteiger partial charge in [0, 0.05) is 20.7 Å². The molecule has 0 saturated heterocycles. The molecular weight excluding hydrogens is 837 g/mol. The van der Waals surface area contributed by atoms with Crippen LogP contribution in [0.25, 0.3) is 55.6 Å². The highest BCUT2D eigenvalue weighted by molar-refractivity contribution is 9.10. The van der Waals surface area contributed by atoms with Crippen LogP contribution < -0.4 is 0 Å². The van der Waals surface area contributed by atoms with Crippen LogP contribution in [0.5, 0.6) is 0 Å². The van der Waals surface area contributed by atoms with Crippen LogP contribution in [0.4, 0.5) is 0 Å². The van der Waals surface area contributed by atoms with Gasteiger partial charge in [0.25, 0.3) is 0 Å². The first kappa shape index (κ1) is 45.0. The Bertz CT molecular complexity index is 2660. The lowest BCUT2D eigenvalue weighted by atomic mass is 9.69. The van der Waals surface area contributed by atoms with Gasteiger partial charge in [0.2, 0.25) is 0 Å². The third-order valence-corrected chi connectivity index (χ3v) is 16.9. The summed E-state index contributed by atoms with van der Waals surface area (Å²) in [5.41, 5.74) is 23.2. The number of rotatable bonds is 16. The van der Waals surface area contributed by atoms with E-state index in [-0.39, 0.29) is 16.2 Å². The number of fused-ring (bicyclic) bond motifs is 9. The summed E-state index contributed by atoms with van der Waals surface area (Å²) in [5.74, 6) is 2.66. The van der Waals surface area contributed by atoms with E-state index in [4.69, 9.17) is 0 Å². The quantitative estimate of drug-likeness (QED) is 0.0908. The molecule has 0 heterocycles. The maximum absolute atomic E-state index is 3.90. The summed E-state index contributed by atoms with van der Waals surface area (Å²) in [5, 5.41) is 0. The molecule has 64 heavy (non-hydrogen) atoms. The maximum Gasteiger partial charge on any atom is 0.0216 e. The summed E-state index contributed by atoms with van der Waals surface area (Å²) in [6.07, 6.45) is 11.8. The van der Waals surface area contributed by atoms with Crippen molar-refractivity contribution >= 4 is 15.9 Å². The van der Waals surface area contributed by atoms with E-state index >= 15 is 0 Å². The molecule has 0 unspecified atom stereocenters. The molecule has 0 radical (unpaired) electrons. The molecule has 0 nitrogen and oxygen atoms in total. The zero-order chi connectivity index (χ0) is 45.1. The van der Waals surface area contributed by atoms with Crippen molar-refractivity contribution in [3.8, 4) is 55.6 Å². The molecule has 0 bridgehead atoms. The molecule has 0 spiro atoms. The van der Waals surface area contributed by atoms with Crippen molar-refractivity contribution in [2.45, 2.75) is 150 Å². The lowest BCUT2D eigenvalue weighted by Gasteiger charge is -2.34. The van der Waals surface area contributed by atoms with Crippen molar-refractivity contribution in [1.29, 1.82) is 0 Å². The van der Waals surface area contributed by atoms with E-state index in [0.29, 0.717) is 23.7 Å². The largest absolute Gasteiger partial charge is 0.0642 e. The number of halogens is 1. The standard InChI is InChI=1S/C63H73Br/c1-11-61(12-2)56-35-44(46-17-22-50-49-15-13-14-16-55(49)62(58(50)37-46,31-27-40(3)4)32-28-41(5)6)18-23-51(56)52-24-19-45(36-57(52)61)47-20-25-53-54-26-21-48(64)39-60(54)63(59(53)38-47,33-29-42(7)8)34-30-43(9)10/h13-26,35-43H,11-12,27-34H2,1-10H3. The molecular formula is C63H73Br. The molecule has 0 N–H and O–H groups in total. The van der Waals surface area contributed by atoms with E-state index in [1.165, 1.54) is 128 Å². The first-order valence-electron chi connectivity index (χ1n) is 25.2. The summed E-state index contributed by atoms with van der Waals surface area (Å²) in [4.78, 5) is 0. The predicted octanol–water partition coefficient (Wildman–Crippen LogP) is 19.1. The van der Waals surface area contributed by atoms with E-state index in [1.54, 1.807) is 16.7 Å². The van der Waals surface area contributed by atoms with Gasteiger partial charge < -0.3 is 0 Å². The molecule has 3 aliphatic rings. The zero-order valence-corrected chi connectivity index (χ0v) is 42.3. The van der Waals surface area contributed by atoms with Gasteiger partial charge in [-0.1, -0.05) is 164 Å². The van der Waals surface area contributed by atoms with Crippen molar-refractivity contribution in [3.05, 3.63) is 153 Å². The van der Waals surface area contributed by atoms with Gasteiger partial charge in [-0.15, -0.1) is 0 Å². The van der Waals surface area contributed by atoms with Crippen molar-refractivity contribution < 1.29 is 0 Å². The smallest absolute Gasteiger partial charge is 0.0216 e. The first-order chi connectivity index (χ1) is 30.7. The number of hydrogen-bond acceptors (Lipinski definition) is 0. The fourth-order valence-corrected chi connectivity index (χ4v) is 13.0. The monoisotopic (exact) mass is 908 g/mol. The van der Waals surface area contributed by atoms with E-state index in [0.717, 1.165) is 12.8 Å². The number of benzene rings is 6. The predicted molar refractivity (Wildman–Crippen MR) is 281 cm³/mol. The fraction of sp³-hybridized carbons (Fsp3) is 0.429. The van der Waals surface area contributed by atoms with Crippen LogP contribution in [0.3, 0.4) is 0 Å². The second kappa shape index (κ2) is 17.5. The molecule has 0 saturated carbocycles. The van der Waals surface area contributed by atoms with Gasteiger partial charge in [-0.05, 0) is 213 Å². The van der Waals surface area contributed by atoms with Crippen LogP contribution in [0.2, 0.25) is 0 Å². The van der Waals surface area contributed by atoms with Gasteiger partial charge in [0.05, 0.1) is 0 Å². The van der Waals surface area contributed by atoms with Gasteiger partial charge in [-0.2, -0.15) is 0 Å². The third kappa shape index (κ3) is 7.49. The summed E-state index contributed by atoms with van der Waals surface area (Å²) in [6.45, 7) is 24.0. The Morgan fingerprint density at radius 1 is 0.344 bits per heavy atom. The minimum atomic E-state index is -0.0422. The lowest BCUT2D eigenvalue weighted by Crippen LogP contribution is -2.27. The highest BCUT2D eigenvalue weighted by Gasteiger charge is 2.45. The average molecular weight is 910 g/mol. The summed E-state index contributed by atoms with van der Waals surface area (Å²) < 4.78 is 1.19. The Balaban J connectivity index is 1.12. The minimum absolute atomic E-state index is 0.0157. The normalized spacial score (nSPS) is 15.7. The van der Waals surface area contributed by atoms with E-state index < -0.39 is 0 Å². The summed E-state index contributed by atoms with van der Waals surface area (Å²) in [7, 11) is 0. The highest BCUT2D eigenvalue weighted by atomic mass is 79.9. The molecule has 6 aromatic rings. The molecule has 0 amide bonds. The van der Waals surface area contributed by atoms with Crippen molar-refractivity contribution in [1.82, 2.24) is 0 Å². The SMILES string of the molecule is CCC1(CC)c2cc(-c3ccc4c(c3)C(CCC(C)C)(CCC(C)C)c3ccccc3-4)ccc2-c2ccc(-c3ccc4c(c3)C(CCC(C)C)(CCC(C)C)c3cc(Br)ccc3-4)cc21. The highest BCUT2D eigenvalue weighted by Crippen LogP contribution is 2.59. The molecule has 1 heteroatoms. The Labute approximate surface area is 395 Å². The Kier molecular flexibility index (Phi) is 12.3. The molecule has 0 atom stereocenters. The second-order valence-corrected chi connectivity index (χ2v) is 22.9. The van der Waals surface area contributed by atoms with Gasteiger partial charge in [0.15, 0.2) is 0 Å². The van der Waals surface area contributed by atoms with Crippen molar-refractivity contribution in [2.75, 3.05) is 0 Å². The Hall–Kier alpha value is -4.20. The van der Waals surface area contributed by atoms with Gasteiger partial charge in [0.1, 0.15) is 0 Å². The molecule has 0 fully saturated rings. The van der Waals surface area contributed by atoms with Crippen LogP contribution in [0, 0.1) is 23.7 Å². The van der Waals surface area contributed by atoms with Crippen molar-refractivity contribution in [2.24, 2.45) is 23.7 Å². The topological polar surface area (TPSA) is 0 Å². The zero-order valence-electron chi connectivity index (χ0n) is 40.7. The molecule has 0 aliphatic heterocycles. The molecule has 332 valence electrons. The minimum Gasteiger partial charge on any atom is -0.0642 e. The first-order valence-corrected chi connectivity index (χ1v) is 26.0. The van der Waals surface area contributed by atoms with Crippen LogP contribution >= 0.6 is 15.9 Å². The van der Waals surface area contributed by atoms with Gasteiger partial charge in [-0.25, -0.2) is 0 Å². The molecule has 3 aliphatic carbocycles. The maximum atomic E-state index is 3.90. The van der Waals surface area contributed by atoms with Gasteiger partial charge >= 0.3 is 0 Å². The van der Waals surface area contributed by atoms with Crippen LogP contribution in [-0.4, -0.2) is 0 Å². The van der Waals surface area contributed by atoms with Crippen LogP contribution in [-0.2, 0) is 16.2 Å². The Morgan fingerprint density at radius 2 is 0.641 bits per heavy atom. The fourth-order valence-electron chi connectivity index (χ4n) is 12.6. The molecule has 0 aromatic heterocycles. The van der Waals surface area contributed by atoms with Gasteiger partial charge in [-0.3, -0.25) is 0 Å². The molecule has 6 aromatic carbocycles. The third-order valence-electron chi connectivity index (χ3n) is 16.4. The van der Waals surface area contributed by atoms with Crippen molar-refractivity contribution in [3.63, 3.8) is 0 Å². The summed E-state index contributed by atoms with van der Waals surface area (Å²) in [6, 6.07) is 46.4.